The van der Waals surface area contributed by atoms with Gasteiger partial charge >= 0.3 is 0 Å². The number of aliphatic hydroxyl groups excluding tert-OH is 1. The van der Waals surface area contributed by atoms with Crippen LogP contribution in [0.4, 0.5) is 0 Å². The largest absolute Gasteiger partial charge is 0.493 e. The van der Waals surface area contributed by atoms with Gasteiger partial charge in [0.1, 0.15) is 5.75 Å². The summed E-state index contributed by atoms with van der Waals surface area (Å²) >= 11 is 0. The van der Waals surface area contributed by atoms with Crippen LogP contribution in [0.3, 0.4) is 0 Å². The second kappa shape index (κ2) is 5.72. The zero-order valence-corrected chi connectivity index (χ0v) is 11.8. The molecule has 4 heteroatoms. The summed E-state index contributed by atoms with van der Waals surface area (Å²) in [5, 5.41) is 11.0. The third kappa shape index (κ3) is 2.22. The van der Waals surface area contributed by atoms with Gasteiger partial charge in [0, 0.05) is 30.0 Å². The summed E-state index contributed by atoms with van der Waals surface area (Å²) in [6.07, 6.45) is 2.31. The van der Waals surface area contributed by atoms with Crippen LogP contribution >= 0.6 is 0 Å². The third-order valence-electron chi connectivity index (χ3n) is 4.80. The summed E-state index contributed by atoms with van der Waals surface area (Å²) in [5.74, 6) is 1.03. The Morgan fingerprint density at radius 3 is 2.95 bits per heavy atom. The lowest BCUT2D eigenvalue weighted by molar-refractivity contribution is -0.0509. The van der Waals surface area contributed by atoms with Gasteiger partial charge in [-0.25, -0.2) is 0 Å². The molecule has 3 N–H and O–H groups in total. The highest BCUT2D eigenvalue weighted by molar-refractivity contribution is 5.43. The standard InChI is InChI=1S/C16H23NO3/c17-11-16(15(18)12-4-3-8-19-10-12)7-9-20-14-6-2-1-5-13(14)16/h1-2,5-6,12,15,18H,3-4,7-11,17H2. The summed E-state index contributed by atoms with van der Waals surface area (Å²) in [5.41, 5.74) is 6.75. The lowest BCUT2D eigenvalue weighted by Gasteiger charge is -2.45. The zero-order valence-electron chi connectivity index (χ0n) is 11.8. The molecule has 0 saturated carbocycles. The monoisotopic (exact) mass is 277 g/mol. The molecule has 1 aromatic rings. The van der Waals surface area contributed by atoms with E-state index in [0.29, 0.717) is 19.8 Å². The summed E-state index contributed by atoms with van der Waals surface area (Å²) < 4.78 is 11.3. The molecule has 0 bridgehead atoms. The molecule has 2 aliphatic rings. The highest BCUT2D eigenvalue weighted by Gasteiger charge is 2.46. The first-order valence-corrected chi connectivity index (χ1v) is 7.46. The van der Waals surface area contributed by atoms with Crippen molar-refractivity contribution in [3.8, 4) is 5.75 Å². The minimum absolute atomic E-state index is 0.165. The van der Waals surface area contributed by atoms with Crippen molar-refractivity contribution in [2.75, 3.05) is 26.4 Å². The van der Waals surface area contributed by atoms with E-state index in [1.807, 2.05) is 24.3 Å². The number of hydrogen-bond acceptors (Lipinski definition) is 4. The number of ether oxygens (including phenoxy) is 2. The van der Waals surface area contributed by atoms with Gasteiger partial charge in [0.2, 0.25) is 0 Å². The smallest absolute Gasteiger partial charge is 0.123 e. The molecular formula is C16H23NO3. The predicted octanol–water partition coefficient (Wildman–Crippen LogP) is 1.45. The van der Waals surface area contributed by atoms with E-state index in [2.05, 4.69) is 0 Å². The molecule has 0 amide bonds. The van der Waals surface area contributed by atoms with Crippen molar-refractivity contribution in [2.45, 2.75) is 30.8 Å². The van der Waals surface area contributed by atoms with Gasteiger partial charge in [-0.2, -0.15) is 0 Å². The minimum Gasteiger partial charge on any atom is -0.493 e. The number of benzene rings is 1. The van der Waals surface area contributed by atoms with E-state index in [1.54, 1.807) is 0 Å². The Morgan fingerprint density at radius 2 is 2.20 bits per heavy atom. The second-order valence-corrected chi connectivity index (χ2v) is 5.88. The van der Waals surface area contributed by atoms with Crippen molar-refractivity contribution in [1.82, 2.24) is 0 Å². The predicted molar refractivity (Wildman–Crippen MR) is 76.8 cm³/mol. The molecule has 0 aromatic heterocycles. The van der Waals surface area contributed by atoms with E-state index in [4.69, 9.17) is 15.2 Å². The molecule has 20 heavy (non-hydrogen) atoms. The average molecular weight is 277 g/mol. The van der Waals surface area contributed by atoms with Crippen LogP contribution in [0.2, 0.25) is 0 Å². The van der Waals surface area contributed by atoms with Crippen molar-refractivity contribution in [3.63, 3.8) is 0 Å². The first kappa shape index (κ1) is 13.9. The zero-order chi connectivity index (χ0) is 14.0. The van der Waals surface area contributed by atoms with Gasteiger partial charge in [0.25, 0.3) is 0 Å². The molecule has 0 aliphatic carbocycles. The van der Waals surface area contributed by atoms with Crippen LogP contribution in [-0.4, -0.2) is 37.6 Å². The minimum atomic E-state index is -0.474. The second-order valence-electron chi connectivity index (χ2n) is 5.88. The molecule has 1 aromatic carbocycles. The Bertz CT molecular complexity index is 459. The maximum Gasteiger partial charge on any atom is 0.123 e. The highest BCUT2D eigenvalue weighted by Crippen LogP contribution is 2.43. The fraction of sp³-hybridized carbons (Fsp3) is 0.625. The topological polar surface area (TPSA) is 64.7 Å². The first-order chi connectivity index (χ1) is 9.78. The number of aliphatic hydroxyl groups is 1. The van der Waals surface area contributed by atoms with Crippen LogP contribution in [0.5, 0.6) is 5.75 Å². The first-order valence-electron chi connectivity index (χ1n) is 7.46. The molecular weight excluding hydrogens is 254 g/mol. The molecule has 3 atom stereocenters. The highest BCUT2D eigenvalue weighted by atomic mass is 16.5. The fourth-order valence-corrected chi connectivity index (χ4v) is 3.59. The molecule has 1 fully saturated rings. The van der Waals surface area contributed by atoms with Crippen LogP contribution in [0.15, 0.2) is 24.3 Å². The van der Waals surface area contributed by atoms with E-state index in [-0.39, 0.29) is 5.92 Å². The number of para-hydroxylation sites is 1. The Kier molecular flexibility index (Phi) is 3.96. The molecule has 0 spiro atoms. The molecule has 110 valence electrons. The average Bonchev–Trinajstić information content (AvgIpc) is 2.54. The van der Waals surface area contributed by atoms with E-state index >= 15 is 0 Å². The summed E-state index contributed by atoms with van der Waals surface area (Å²) in [6.45, 7) is 2.48. The fourth-order valence-electron chi connectivity index (χ4n) is 3.59. The van der Waals surface area contributed by atoms with Crippen LogP contribution in [0.1, 0.15) is 24.8 Å². The third-order valence-corrected chi connectivity index (χ3v) is 4.80. The van der Waals surface area contributed by atoms with Gasteiger partial charge in [-0.15, -0.1) is 0 Å². The summed E-state index contributed by atoms with van der Waals surface area (Å²) in [6, 6.07) is 7.95. The van der Waals surface area contributed by atoms with E-state index in [9.17, 15) is 5.11 Å². The van der Waals surface area contributed by atoms with E-state index in [0.717, 1.165) is 37.2 Å². The maximum absolute atomic E-state index is 11.0. The van der Waals surface area contributed by atoms with Crippen LogP contribution in [0.25, 0.3) is 0 Å². The van der Waals surface area contributed by atoms with E-state index < -0.39 is 11.5 Å². The van der Waals surface area contributed by atoms with Gasteiger partial charge in [0.05, 0.1) is 19.3 Å². The number of nitrogens with two attached hydrogens (primary N) is 1. The van der Waals surface area contributed by atoms with Gasteiger partial charge < -0.3 is 20.3 Å². The van der Waals surface area contributed by atoms with Crippen molar-refractivity contribution in [2.24, 2.45) is 11.7 Å². The van der Waals surface area contributed by atoms with Crippen molar-refractivity contribution in [1.29, 1.82) is 0 Å². The molecule has 3 unspecified atom stereocenters. The number of fused-ring (bicyclic) bond motifs is 1. The van der Waals surface area contributed by atoms with Gasteiger partial charge in [-0.05, 0) is 25.3 Å². The van der Waals surface area contributed by atoms with Crippen LogP contribution in [-0.2, 0) is 10.2 Å². The van der Waals surface area contributed by atoms with Crippen molar-refractivity contribution in [3.05, 3.63) is 29.8 Å². The summed E-state index contributed by atoms with van der Waals surface area (Å²) in [7, 11) is 0. The van der Waals surface area contributed by atoms with Crippen molar-refractivity contribution >= 4 is 0 Å². The molecule has 1 saturated heterocycles. The molecule has 2 aliphatic heterocycles. The number of rotatable bonds is 3. The molecule has 2 heterocycles. The van der Waals surface area contributed by atoms with Crippen LogP contribution < -0.4 is 10.5 Å². The van der Waals surface area contributed by atoms with Gasteiger partial charge in [-0.3, -0.25) is 0 Å². The van der Waals surface area contributed by atoms with Crippen molar-refractivity contribution < 1.29 is 14.6 Å². The Morgan fingerprint density at radius 1 is 1.35 bits per heavy atom. The Balaban J connectivity index is 1.95. The molecule has 3 rings (SSSR count). The lowest BCUT2D eigenvalue weighted by atomic mass is 9.67. The lowest BCUT2D eigenvalue weighted by Crippen LogP contribution is -2.53. The SMILES string of the molecule is NCC1(C(O)C2CCCOC2)CCOc2ccccc21. The summed E-state index contributed by atoms with van der Waals surface area (Å²) in [4.78, 5) is 0. The van der Waals surface area contributed by atoms with Crippen LogP contribution in [0, 0.1) is 5.92 Å². The van der Waals surface area contributed by atoms with E-state index in [1.165, 1.54) is 0 Å². The van der Waals surface area contributed by atoms with Gasteiger partial charge in [0.15, 0.2) is 0 Å². The quantitative estimate of drug-likeness (QED) is 0.878. The maximum atomic E-state index is 11.0. The normalized spacial score (nSPS) is 31.2. The Hall–Kier alpha value is -1.10. The molecule has 0 radical (unpaired) electrons. The van der Waals surface area contributed by atoms with Gasteiger partial charge in [-0.1, -0.05) is 18.2 Å². The molecule has 4 nitrogen and oxygen atoms in total. The number of hydrogen-bond donors (Lipinski definition) is 2. The Labute approximate surface area is 119 Å².